The summed E-state index contributed by atoms with van der Waals surface area (Å²) in [6.07, 6.45) is 2.92. The van der Waals surface area contributed by atoms with E-state index in [-0.39, 0.29) is 11.7 Å². The second-order valence-corrected chi connectivity index (χ2v) is 3.32. The molecule has 0 aliphatic rings. The first kappa shape index (κ1) is 9.39. The van der Waals surface area contributed by atoms with Gasteiger partial charge >= 0.3 is 0 Å². The molecule has 3 nitrogen and oxygen atoms in total. The molecule has 10 heavy (non-hydrogen) atoms. The van der Waals surface area contributed by atoms with E-state index in [1.165, 1.54) is 12.2 Å². The summed E-state index contributed by atoms with van der Waals surface area (Å²) in [7, 11) is -3.55. The molecule has 57 valence electrons. The van der Waals surface area contributed by atoms with Crippen LogP contribution in [0, 0.1) is 5.25 Å². The molecular weight excluding hydrogens is 150 g/mol. The molecule has 0 bridgehead atoms. The van der Waals surface area contributed by atoms with Crippen molar-refractivity contribution in [1.82, 2.24) is 0 Å². The smallest absolute Gasteiger partial charge is 0.220 e. The first-order chi connectivity index (χ1) is 4.52. The van der Waals surface area contributed by atoms with Crippen LogP contribution in [0.4, 0.5) is 0 Å². The number of allylic oxidation sites excluding steroid dienone is 1. The average Bonchev–Trinajstić information content (AvgIpc) is 1.80. The summed E-state index contributed by atoms with van der Waals surface area (Å²) in [6.45, 7) is 6.68. The van der Waals surface area contributed by atoms with Crippen molar-refractivity contribution >= 4 is 10.0 Å². The maximum Gasteiger partial charge on any atom is 0.220 e. The lowest BCUT2D eigenvalue weighted by Crippen LogP contribution is -2.19. The van der Waals surface area contributed by atoms with Crippen LogP contribution in [0.1, 0.15) is 6.42 Å². The summed E-state index contributed by atoms with van der Waals surface area (Å²) in [5.74, 6) is 0. The van der Waals surface area contributed by atoms with Crippen molar-refractivity contribution in [3.63, 3.8) is 0 Å². The zero-order valence-corrected chi connectivity index (χ0v) is 6.39. The summed E-state index contributed by atoms with van der Waals surface area (Å²) in [6, 6.07) is 0. The van der Waals surface area contributed by atoms with Crippen molar-refractivity contribution in [3.8, 4) is 0 Å². The number of hydrogen-bond acceptors (Lipinski definition) is 2. The van der Waals surface area contributed by atoms with Gasteiger partial charge in [0.2, 0.25) is 10.0 Å². The Hall–Kier alpha value is -0.610. The Balaban J connectivity index is 4.36. The maximum absolute atomic E-state index is 10.6. The van der Waals surface area contributed by atoms with Gasteiger partial charge in [-0.15, -0.1) is 13.2 Å². The van der Waals surface area contributed by atoms with Crippen LogP contribution in [0.5, 0.6) is 0 Å². The van der Waals surface area contributed by atoms with Gasteiger partial charge in [-0.25, -0.2) is 13.6 Å². The highest BCUT2D eigenvalue weighted by Gasteiger charge is 2.16. The van der Waals surface area contributed by atoms with E-state index in [2.05, 4.69) is 13.2 Å². The third-order valence-corrected chi connectivity index (χ3v) is 2.00. The minimum absolute atomic E-state index is 0.0995. The molecule has 0 saturated heterocycles. The lowest BCUT2D eigenvalue weighted by Gasteiger charge is -2.03. The van der Waals surface area contributed by atoms with Crippen LogP contribution in [0.25, 0.3) is 0 Å². The van der Waals surface area contributed by atoms with Crippen LogP contribution in [-0.2, 0) is 10.0 Å². The van der Waals surface area contributed by atoms with Gasteiger partial charge in [-0.3, -0.25) is 0 Å². The van der Waals surface area contributed by atoms with Crippen molar-refractivity contribution in [3.05, 3.63) is 30.6 Å². The van der Waals surface area contributed by atoms with E-state index in [1.807, 2.05) is 0 Å². The molecule has 1 radical (unpaired) electrons. The number of sulfonamides is 1. The molecule has 0 saturated carbocycles. The summed E-state index contributed by atoms with van der Waals surface area (Å²) < 4.78 is 21.1. The molecule has 0 aromatic rings. The highest BCUT2D eigenvalue weighted by molar-refractivity contribution is 7.92. The van der Waals surface area contributed by atoms with Gasteiger partial charge < -0.3 is 0 Å². The molecule has 0 spiro atoms. The van der Waals surface area contributed by atoms with E-state index in [4.69, 9.17) is 5.14 Å². The molecular formula is C6H10NO2S. The van der Waals surface area contributed by atoms with E-state index in [0.29, 0.717) is 0 Å². The van der Waals surface area contributed by atoms with Gasteiger partial charge in [0, 0.05) is 0 Å². The van der Waals surface area contributed by atoms with Crippen LogP contribution < -0.4 is 5.14 Å². The minimum atomic E-state index is -3.55. The third kappa shape index (κ3) is 2.80. The molecule has 0 aromatic carbocycles. The largest absolute Gasteiger partial charge is 0.228 e. The monoisotopic (exact) mass is 160 g/mol. The quantitative estimate of drug-likeness (QED) is 0.611. The normalized spacial score (nSPS) is 11.4. The molecule has 0 amide bonds. The van der Waals surface area contributed by atoms with E-state index < -0.39 is 10.0 Å². The average molecular weight is 160 g/mol. The predicted octanol–water partition coefficient (Wildman–Crippen LogP) is 0.569. The third-order valence-electron chi connectivity index (χ3n) is 0.939. The van der Waals surface area contributed by atoms with Gasteiger partial charge in [-0.2, -0.15) is 0 Å². The highest BCUT2D eigenvalue weighted by atomic mass is 32.2. The second kappa shape index (κ2) is 3.53. The number of hydrogen-bond donors (Lipinski definition) is 1. The standard InChI is InChI=1S/C6H10NO2S/c1-3-5-6(4-2)10(7,8)9/h3-4H,1-2,5H2,(H2,7,8,9). The highest BCUT2D eigenvalue weighted by Crippen LogP contribution is 2.12. The Morgan fingerprint density at radius 3 is 2.10 bits per heavy atom. The van der Waals surface area contributed by atoms with Crippen molar-refractivity contribution in [2.24, 2.45) is 5.14 Å². The minimum Gasteiger partial charge on any atom is -0.228 e. The molecule has 4 heteroatoms. The topological polar surface area (TPSA) is 60.2 Å². The molecule has 0 fully saturated rings. The van der Waals surface area contributed by atoms with Gasteiger partial charge in [0.1, 0.15) is 5.25 Å². The molecule has 0 rings (SSSR count). The fourth-order valence-electron chi connectivity index (χ4n) is 0.458. The lowest BCUT2D eigenvalue weighted by molar-refractivity contribution is 0.599. The number of rotatable bonds is 4. The van der Waals surface area contributed by atoms with E-state index >= 15 is 0 Å². The summed E-state index contributed by atoms with van der Waals surface area (Å²) in [4.78, 5) is 0. The number of primary sulfonamides is 1. The first-order valence-corrected chi connectivity index (χ1v) is 4.19. The zero-order valence-electron chi connectivity index (χ0n) is 5.58. The second-order valence-electron chi connectivity index (χ2n) is 1.71. The Morgan fingerprint density at radius 2 is 2.00 bits per heavy atom. The molecule has 0 aromatic heterocycles. The van der Waals surface area contributed by atoms with Gasteiger partial charge in [0.15, 0.2) is 0 Å². The van der Waals surface area contributed by atoms with Crippen molar-refractivity contribution in [1.29, 1.82) is 0 Å². The Labute approximate surface area is 61.3 Å². The molecule has 0 heterocycles. The predicted molar refractivity (Wildman–Crippen MR) is 41.4 cm³/mol. The van der Waals surface area contributed by atoms with Crippen molar-refractivity contribution < 1.29 is 8.42 Å². The summed E-state index contributed by atoms with van der Waals surface area (Å²) in [5.41, 5.74) is 0. The summed E-state index contributed by atoms with van der Waals surface area (Å²) >= 11 is 0. The Morgan fingerprint density at radius 1 is 1.50 bits per heavy atom. The van der Waals surface area contributed by atoms with Gasteiger partial charge in [0.25, 0.3) is 0 Å². The fourth-order valence-corrected chi connectivity index (χ4v) is 1.04. The van der Waals surface area contributed by atoms with Crippen LogP contribution >= 0.6 is 0 Å². The SMILES string of the molecule is C=CC[C](C=C)S(N)(=O)=O. The molecule has 0 aliphatic carbocycles. The maximum atomic E-state index is 10.6. The Bertz CT molecular complexity index is 218. The van der Waals surface area contributed by atoms with Gasteiger partial charge in [-0.05, 0) is 6.42 Å². The molecule has 0 atom stereocenters. The van der Waals surface area contributed by atoms with E-state index in [1.54, 1.807) is 0 Å². The van der Waals surface area contributed by atoms with Gasteiger partial charge in [0.05, 0.1) is 0 Å². The van der Waals surface area contributed by atoms with Crippen LogP contribution in [0.3, 0.4) is 0 Å². The van der Waals surface area contributed by atoms with E-state index in [9.17, 15) is 8.42 Å². The van der Waals surface area contributed by atoms with Crippen LogP contribution in [0.2, 0.25) is 0 Å². The zero-order chi connectivity index (χ0) is 8.20. The van der Waals surface area contributed by atoms with E-state index in [0.717, 1.165) is 0 Å². The summed E-state index contributed by atoms with van der Waals surface area (Å²) in [5, 5.41) is 4.89. The van der Waals surface area contributed by atoms with Crippen molar-refractivity contribution in [2.45, 2.75) is 6.42 Å². The number of nitrogens with two attached hydrogens (primary N) is 1. The van der Waals surface area contributed by atoms with Crippen LogP contribution in [-0.4, -0.2) is 8.42 Å². The van der Waals surface area contributed by atoms with Crippen LogP contribution in [0.15, 0.2) is 25.3 Å². The van der Waals surface area contributed by atoms with Crippen molar-refractivity contribution in [2.75, 3.05) is 0 Å². The Kier molecular flexibility index (Phi) is 3.32. The molecule has 0 aliphatic heterocycles. The first-order valence-electron chi connectivity index (χ1n) is 2.64. The lowest BCUT2D eigenvalue weighted by atomic mass is 10.3. The molecule has 2 N–H and O–H groups in total. The fraction of sp³-hybridized carbons (Fsp3) is 0.167. The van der Waals surface area contributed by atoms with Gasteiger partial charge in [-0.1, -0.05) is 12.2 Å². The molecule has 0 unspecified atom stereocenters.